The van der Waals surface area contributed by atoms with Crippen molar-refractivity contribution >= 4 is 5.91 Å². The van der Waals surface area contributed by atoms with Gasteiger partial charge in [0.05, 0.1) is 6.04 Å². The summed E-state index contributed by atoms with van der Waals surface area (Å²) in [6.07, 6.45) is 6.34. The lowest BCUT2D eigenvalue weighted by molar-refractivity contribution is -0.124. The van der Waals surface area contributed by atoms with Crippen molar-refractivity contribution in [1.29, 1.82) is 0 Å². The quantitative estimate of drug-likeness (QED) is 0.813. The lowest BCUT2D eigenvalue weighted by Crippen LogP contribution is -2.46. The van der Waals surface area contributed by atoms with Gasteiger partial charge in [-0.3, -0.25) is 4.79 Å². The third-order valence-corrected chi connectivity index (χ3v) is 5.75. The molecular formula is C16H29N3O. The lowest BCUT2D eigenvalue weighted by atomic mass is 9.93. The number of nitrogens with zero attached hydrogens (tertiary/aromatic N) is 1. The van der Waals surface area contributed by atoms with E-state index < -0.39 is 0 Å². The molecule has 1 saturated carbocycles. The highest BCUT2D eigenvalue weighted by Gasteiger charge is 2.42. The Morgan fingerprint density at radius 1 is 1.25 bits per heavy atom. The van der Waals surface area contributed by atoms with Crippen LogP contribution in [0.2, 0.25) is 0 Å². The molecule has 3 atom stereocenters. The maximum Gasteiger partial charge on any atom is 0.237 e. The maximum absolute atomic E-state index is 12.4. The minimum absolute atomic E-state index is 0.0956. The minimum atomic E-state index is 0.0956. The van der Waals surface area contributed by atoms with Gasteiger partial charge in [-0.25, -0.2) is 0 Å². The molecule has 3 unspecified atom stereocenters. The summed E-state index contributed by atoms with van der Waals surface area (Å²) in [6.45, 7) is 7.72. The van der Waals surface area contributed by atoms with E-state index in [1.807, 2.05) is 0 Å². The molecule has 0 aromatic heterocycles. The first-order chi connectivity index (χ1) is 9.78. The summed E-state index contributed by atoms with van der Waals surface area (Å²) in [5.41, 5.74) is 0. The highest BCUT2D eigenvalue weighted by atomic mass is 16.2. The van der Waals surface area contributed by atoms with Crippen molar-refractivity contribution in [3.63, 3.8) is 0 Å². The Bertz CT molecular complexity index is 339. The number of amides is 1. The van der Waals surface area contributed by atoms with Crippen molar-refractivity contribution in [3.8, 4) is 0 Å². The molecule has 1 amide bonds. The summed E-state index contributed by atoms with van der Waals surface area (Å²) in [5.74, 6) is 2.32. The number of carbonyl (C=O) groups is 1. The van der Waals surface area contributed by atoms with Crippen LogP contribution in [0.1, 0.15) is 39.0 Å². The van der Waals surface area contributed by atoms with Crippen LogP contribution in [0.25, 0.3) is 0 Å². The highest BCUT2D eigenvalue weighted by Crippen LogP contribution is 2.37. The van der Waals surface area contributed by atoms with Crippen molar-refractivity contribution < 1.29 is 4.79 Å². The fourth-order valence-corrected chi connectivity index (χ4v) is 4.34. The molecule has 20 heavy (non-hydrogen) atoms. The molecule has 0 radical (unpaired) electrons. The summed E-state index contributed by atoms with van der Waals surface area (Å²) < 4.78 is 0. The molecule has 2 N–H and O–H groups in total. The molecule has 2 saturated heterocycles. The number of hydrogen-bond donors (Lipinski definition) is 2. The molecule has 3 aliphatic rings. The third kappa shape index (κ3) is 3.01. The van der Waals surface area contributed by atoms with Crippen LogP contribution < -0.4 is 10.6 Å². The number of piperidine rings is 1. The smallest absolute Gasteiger partial charge is 0.237 e. The summed E-state index contributed by atoms with van der Waals surface area (Å²) in [4.78, 5) is 14.9. The lowest BCUT2D eigenvalue weighted by Gasteiger charge is -2.31. The normalized spacial score (nSPS) is 35.1. The fourth-order valence-electron chi connectivity index (χ4n) is 4.34. The second kappa shape index (κ2) is 6.44. The fraction of sp³-hybridized carbons (Fsp3) is 0.938. The van der Waals surface area contributed by atoms with Gasteiger partial charge < -0.3 is 15.5 Å². The average Bonchev–Trinajstić information content (AvgIpc) is 3.08. The van der Waals surface area contributed by atoms with E-state index in [1.54, 1.807) is 0 Å². The van der Waals surface area contributed by atoms with Crippen LogP contribution in [0.15, 0.2) is 0 Å². The molecule has 3 rings (SSSR count). The standard InChI is InChI=1S/C16H29N3O/c1-2-19-8-6-12(7-9-19)10-18-16(20)15-14-5-3-4-13(14)11-17-15/h12-15,17H,2-11H2,1H3,(H,18,20). The van der Waals surface area contributed by atoms with Crippen LogP contribution in [0.3, 0.4) is 0 Å². The van der Waals surface area contributed by atoms with Gasteiger partial charge in [0, 0.05) is 6.54 Å². The van der Waals surface area contributed by atoms with E-state index in [0.29, 0.717) is 11.8 Å². The van der Waals surface area contributed by atoms with Gasteiger partial charge in [0.2, 0.25) is 5.91 Å². The van der Waals surface area contributed by atoms with Gasteiger partial charge in [-0.1, -0.05) is 13.3 Å². The Morgan fingerprint density at radius 3 is 2.80 bits per heavy atom. The summed E-state index contributed by atoms with van der Waals surface area (Å²) in [5, 5.41) is 6.66. The van der Waals surface area contributed by atoms with Gasteiger partial charge in [-0.05, 0) is 69.6 Å². The van der Waals surface area contributed by atoms with E-state index in [4.69, 9.17) is 0 Å². The molecule has 2 aliphatic heterocycles. The molecule has 0 spiro atoms. The Labute approximate surface area is 122 Å². The van der Waals surface area contributed by atoms with Gasteiger partial charge in [0.1, 0.15) is 0 Å². The number of fused-ring (bicyclic) bond motifs is 1. The molecule has 0 aromatic carbocycles. The Hall–Kier alpha value is -0.610. The molecule has 0 aromatic rings. The van der Waals surface area contributed by atoms with Crippen molar-refractivity contribution in [2.45, 2.75) is 45.1 Å². The van der Waals surface area contributed by atoms with Crippen molar-refractivity contribution in [2.75, 3.05) is 32.7 Å². The molecule has 3 fully saturated rings. The third-order valence-electron chi connectivity index (χ3n) is 5.75. The van der Waals surface area contributed by atoms with Gasteiger partial charge in [-0.2, -0.15) is 0 Å². The molecule has 0 bridgehead atoms. The van der Waals surface area contributed by atoms with Crippen LogP contribution in [0.4, 0.5) is 0 Å². The van der Waals surface area contributed by atoms with Crippen LogP contribution >= 0.6 is 0 Å². The summed E-state index contributed by atoms with van der Waals surface area (Å²) in [6, 6.07) is 0.0956. The number of rotatable bonds is 4. The minimum Gasteiger partial charge on any atom is -0.354 e. The first kappa shape index (κ1) is 14.3. The molecule has 1 aliphatic carbocycles. The Morgan fingerprint density at radius 2 is 2.05 bits per heavy atom. The van der Waals surface area contributed by atoms with Crippen LogP contribution in [0.5, 0.6) is 0 Å². The molecule has 2 heterocycles. The van der Waals surface area contributed by atoms with Crippen molar-refractivity contribution in [3.05, 3.63) is 0 Å². The van der Waals surface area contributed by atoms with Gasteiger partial charge in [0.15, 0.2) is 0 Å². The SMILES string of the molecule is CCN1CCC(CNC(=O)C2NCC3CCCC32)CC1. The zero-order valence-electron chi connectivity index (χ0n) is 12.7. The van der Waals surface area contributed by atoms with E-state index in [2.05, 4.69) is 22.5 Å². The van der Waals surface area contributed by atoms with Crippen LogP contribution in [-0.4, -0.2) is 49.6 Å². The van der Waals surface area contributed by atoms with E-state index in [-0.39, 0.29) is 11.9 Å². The largest absolute Gasteiger partial charge is 0.354 e. The first-order valence-corrected chi connectivity index (χ1v) is 8.51. The first-order valence-electron chi connectivity index (χ1n) is 8.51. The molecule has 4 nitrogen and oxygen atoms in total. The monoisotopic (exact) mass is 279 g/mol. The van der Waals surface area contributed by atoms with E-state index >= 15 is 0 Å². The number of nitrogens with one attached hydrogen (secondary N) is 2. The van der Waals surface area contributed by atoms with E-state index in [0.717, 1.165) is 25.6 Å². The van der Waals surface area contributed by atoms with Crippen LogP contribution in [0, 0.1) is 17.8 Å². The Kier molecular flexibility index (Phi) is 4.61. The van der Waals surface area contributed by atoms with Gasteiger partial charge in [0.25, 0.3) is 0 Å². The van der Waals surface area contributed by atoms with E-state index in [1.165, 1.54) is 45.2 Å². The molecule has 4 heteroatoms. The average molecular weight is 279 g/mol. The predicted molar refractivity (Wildman–Crippen MR) is 80.5 cm³/mol. The summed E-state index contributed by atoms with van der Waals surface area (Å²) >= 11 is 0. The van der Waals surface area contributed by atoms with E-state index in [9.17, 15) is 4.79 Å². The Balaban J connectivity index is 1.41. The zero-order valence-corrected chi connectivity index (χ0v) is 12.7. The highest BCUT2D eigenvalue weighted by molar-refractivity contribution is 5.82. The van der Waals surface area contributed by atoms with Gasteiger partial charge >= 0.3 is 0 Å². The number of hydrogen-bond acceptors (Lipinski definition) is 3. The van der Waals surface area contributed by atoms with Crippen molar-refractivity contribution in [1.82, 2.24) is 15.5 Å². The topological polar surface area (TPSA) is 44.4 Å². The van der Waals surface area contributed by atoms with Crippen LogP contribution in [-0.2, 0) is 4.79 Å². The zero-order chi connectivity index (χ0) is 13.9. The summed E-state index contributed by atoms with van der Waals surface area (Å²) in [7, 11) is 0. The second-order valence-electron chi connectivity index (χ2n) is 6.86. The second-order valence-corrected chi connectivity index (χ2v) is 6.86. The van der Waals surface area contributed by atoms with Crippen molar-refractivity contribution in [2.24, 2.45) is 17.8 Å². The predicted octanol–water partition coefficient (Wildman–Crippen LogP) is 1.22. The van der Waals surface area contributed by atoms with Gasteiger partial charge in [-0.15, -0.1) is 0 Å². The number of likely N-dealkylation sites (tertiary alicyclic amines) is 1. The number of carbonyl (C=O) groups excluding carboxylic acids is 1. The molecular weight excluding hydrogens is 250 g/mol. The maximum atomic E-state index is 12.4. The molecule has 114 valence electrons.